The molecule has 1 aromatic carbocycles. The molecule has 1 atom stereocenters. The Morgan fingerprint density at radius 1 is 1.21 bits per heavy atom. The lowest BCUT2D eigenvalue weighted by molar-refractivity contribution is 0.113. The lowest BCUT2D eigenvalue weighted by atomic mass is 10.1. The van der Waals surface area contributed by atoms with Crippen LogP contribution in [0.1, 0.15) is 55.5 Å². The summed E-state index contributed by atoms with van der Waals surface area (Å²) in [4.78, 5) is 10.7. The third-order valence-electron chi connectivity index (χ3n) is 6.27. The number of thiocarbonyl (C=S) groups is 1. The first-order valence-electron chi connectivity index (χ1n) is 10.7. The number of imidazole rings is 1. The summed E-state index contributed by atoms with van der Waals surface area (Å²) in [6, 6.07) is 4.93. The lowest BCUT2D eigenvalue weighted by Crippen LogP contribution is -2.47. The van der Waals surface area contributed by atoms with Gasteiger partial charge in [-0.15, -0.1) is 0 Å². The molecular formula is C22H32N4OS. The molecule has 6 heteroatoms. The van der Waals surface area contributed by atoms with Crippen LogP contribution in [0.15, 0.2) is 12.1 Å². The predicted octanol–water partition coefficient (Wildman–Crippen LogP) is 4.02. The number of aromatic amines is 1. The zero-order chi connectivity index (χ0) is 19.5. The van der Waals surface area contributed by atoms with Gasteiger partial charge in [0, 0.05) is 32.2 Å². The highest BCUT2D eigenvalue weighted by molar-refractivity contribution is 7.80. The summed E-state index contributed by atoms with van der Waals surface area (Å²) < 4.78 is 5.74. The number of hydrogen-bond acceptors (Lipinski definition) is 3. The minimum absolute atomic E-state index is 0.310. The van der Waals surface area contributed by atoms with Gasteiger partial charge in [-0.2, -0.15) is 0 Å². The molecule has 2 fully saturated rings. The van der Waals surface area contributed by atoms with Crippen molar-refractivity contribution in [3.8, 4) is 0 Å². The van der Waals surface area contributed by atoms with Crippen LogP contribution in [-0.4, -0.2) is 51.8 Å². The molecule has 0 radical (unpaired) electrons. The summed E-state index contributed by atoms with van der Waals surface area (Å²) in [5.74, 6) is 1.05. The van der Waals surface area contributed by atoms with E-state index in [1.807, 2.05) is 0 Å². The molecular weight excluding hydrogens is 368 g/mol. The normalized spacial score (nSPS) is 20.1. The molecule has 2 aromatic rings. The lowest BCUT2D eigenvalue weighted by Gasteiger charge is -2.32. The molecule has 4 rings (SSSR count). The van der Waals surface area contributed by atoms with Crippen LogP contribution < -0.4 is 5.32 Å². The molecule has 152 valence electrons. The molecule has 1 aliphatic carbocycles. The van der Waals surface area contributed by atoms with Crippen LogP contribution in [0.4, 0.5) is 0 Å². The van der Waals surface area contributed by atoms with Crippen LogP contribution in [0.25, 0.3) is 11.0 Å². The van der Waals surface area contributed by atoms with Crippen LogP contribution in [0.5, 0.6) is 0 Å². The minimum Gasteiger partial charge on any atom is -0.376 e. The summed E-state index contributed by atoms with van der Waals surface area (Å²) in [5.41, 5.74) is 4.78. The van der Waals surface area contributed by atoms with Gasteiger partial charge in [-0.1, -0.05) is 12.8 Å². The Bertz CT molecular complexity index is 782. The van der Waals surface area contributed by atoms with E-state index in [1.165, 1.54) is 36.8 Å². The van der Waals surface area contributed by atoms with E-state index < -0.39 is 0 Å². The topological polar surface area (TPSA) is 53.2 Å². The highest BCUT2D eigenvalue weighted by Gasteiger charge is 2.25. The van der Waals surface area contributed by atoms with Gasteiger partial charge >= 0.3 is 0 Å². The van der Waals surface area contributed by atoms with Crippen molar-refractivity contribution in [2.45, 2.75) is 70.9 Å². The summed E-state index contributed by atoms with van der Waals surface area (Å²) in [6.07, 6.45) is 8.57. The molecule has 2 heterocycles. The third kappa shape index (κ3) is 4.49. The van der Waals surface area contributed by atoms with Crippen LogP contribution in [0, 0.1) is 13.8 Å². The molecule has 1 saturated heterocycles. The summed E-state index contributed by atoms with van der Waals surface area (Å²) >= 11 is 5.79. The fourth-order valence-electron chi connectivity index (χ4n) is 4.44. The smallest absolute Gasteiger partial charge is 0.169 e. The van der Waals surface area contributed by atoms with Crippen molar-refractivity contribution in [2.24, 2.45) is 0 Å². The fourth-order valence-corrected chi connectivity index (χ4v) is 4.76. The van der Waals surface area contributed by atoms with Crippen molar-refractivity contribution in [3.05, 3.63) is 29.1 Å². The average Bonchev–Trinajstić information content (AvgIpc) is 3.43. The van der Waals surface area contributed by atoms with E-state index in [4.69, 9.17) is 21.9 Å². The first kappa shape index (κ1) is 19.6. The van der Waals surface area contributed by atoms with Crippen molar-refractivity contribution in [3.63, 3.8) is 0 Å². The van der Waals surface area contributed by atoms with Gasteiger partial charge in [-0.3, -0.25) is 0 Å². The number of ether oxygens (including phenoxy) is 1. The maximum Gasteiger partial charge on any atom is 0.169 e. The number of aryl methyl sites for hydroxylation is 2. The Labute approximate surface area is 173 Å². The highest BCUT2D eigenvalue weighted by atomic mass is 32.1. The first-order chi connectivity index (χ1) is 13.6. The van der Waals surface area contributed by atoms with Crippen LogP contribution in [0.3, 0.4) is 0 Å². The van der Waals surface area contributed by atoms with Gasteiger partial charge in [-0.25, -0.2) is 4.98 Å². The number of aromatic nitrogens is 2. The second kappa shape index (κ2) is 8.78. The number of nitrogens with one attached hydrogen (secondary N) is 2. The molecule has 2 N–H and O–H groups in total. The third-order valence-corrected chi connectivity index (χ3v) is 6.65. The molecule has 28 heavy (non-hydrogen) atoms. The Balaban J connectivity index is 1.41. The van der Waals surface area contributed by atoms with Gasteiger partial charge < -0.3 is 19.9 Å². The van der Waals surface area contributed by atoms with E-state index in [0.29, 0.717) is 12.1 Å². The number of rotatable bonds is 6. The van der Waals surface area contributed by atoms with Crippen LogP contribution in [-0.2, 0) is 11.2 Å². The Morgan fingerprint density at radius 3 is 2.75 bits per heavy atom. The largest absolute Gasteiger partial charge is 0.376 e. The number of nitrogens with zero attached hydrogens (tertiary/aromatic N) is 2. The molecule has 2 aliphatic rings. The minimum atomic E-state index is 0.310. The molecule has 1 aromatic heterocycles. The van der Waals surface area contributed by atoms with Gasteiger partial charge in [0.1, 0.15) is 5.82 Å². The van der Waals surface area contributed by atoms with Gasteiger partial charge in [-0.05, 0) is 75.0 Å². The van der Waals surface area contributed by atoms with Gasteiger partial charge in [0.15, 0.2) is 5.11 Å². The molecule has 1 aliphatic heterocycles. The maximum atomic E-state index is 5.79. The Morgan fingerprint density at radius 2 is 2.00 bits per heavy atom. The standard InChI is InChI=1S/C22H32N4OS/c1-15-12-19-20(13-16(15)2)25-21(24-19)9-10-26(17-6-3-4-7-17)22(28)23-14-18-8-5-11-27-18/h12-13,17-18H,3-11,14H2,1-2H3,(H,23,28)(H,24,25)/t18-/m0/s1. The van der Waals surface area contributed by atoms with Crippen molar-refractivity contribution in [1.29, 1.82) is 0 Å². The Kier molecular flexibility index (Phi) is 6.16. The molecule has 0 bridgehead atoms. The second-order valence-corrected chi connectivity index (χ2v) is 8.73. The second-order valence-electron chi connectivity index (χ2n) is 8.34. The van der Waals surface area contributed by atoms with Gasteiger partial charge in [0.25, 0.3) is 0 Å². The van der Waals surface area contributed by atoms with Crippen molar-refractivity contribution < 1.29 is 4.74 Å². The van der Waals surface area contributed by atoms with E-state index in [1.54, 1.807) is 0 Å². The molecule has 0 amide bonds. The fraction of sp³-hybridized carbons (Fsp3) is 0.636. The van der Waals surface area contributed by atoms with Crippen LogP contribution in [0.2, 0.25) is 0 Å². The summed E-state index contributed by atoms with van der Waals surface area (Å²) in [6.45, 7) is 6.90. The quantitative estimate of drug-likeness (QED) is 0.717. The van der Waals surface area contributed by atoms with E-state index in [0.717, 1.165) is 60.9 Å². The monoisotopic (exact) mass is 400 g/mol. The average molecular weight is 401 g/mol. The summed E-state index contributed by atoms with van der Waals surface area (Å²) in [5, 5.41) is 4.36. The molecule has 0 unspecified atom stereocenters. The van der Waals surface area contributed by atoms with Crippen molar-refractivity contribution in [2.75, 3.05) is 19.7 Å². The SMILES string of the molecule is Cc1cc2nc(CCN(C(=S)NC[C@@H]3CCCO3)C3CCCC3)[nH]c2cc1C. The zero-order valence-corrected chi connectivity index (χ0v) is 17.9. The molecule has 5 nitrogen and oxygen atoms in total. The van der Waals surface area contributed by atoms with E-state index >= 15 is 0 Å². The van der Waals surface area contributed by atoms with E-state index in [2.05, 4.69) is 41.2 Å². The van der Waals surface area contributed by atoms with Gasteiger partial charge in [0.05, 0.1) is 17.1 Å². The van der Waals surface area contributed by atoms with Crippen molar-refractivity contribution >= 4 is 28.4 Å². The number of benzene rings is 1. The number of hydrogen-bond donors (Lipinski definition) is 2. The summed E-state index contributed by atoms with van der Waals surface area (Å²) in [7, 11) is 0. The zero-order valence-electron chi connectivity index (χ0n) is 17.1. The Hall–Kier alpha value is -1.66. The molecule has 1 saturated carbocycles. The van der Waals surface area contributed by atoms with Crippen LogP contribution >= 0.6 is 12.2 Å². The first-order valence-corrected chi connectivity index (χ1v) is 11.1. The predicted molar refractivity (Wildman–Crippen MR) is 118 cm³/mol. The molecule has 0 spiro atoms. The number of fused-ring (bicyclic) bond motifs is 1. The van der Waals surface area contributed by atoms with E-state index in [9.17, 15) is 0 Å². The van der Waals surface area contributed by atoms with Gasteiger partial charge in [0.2, 0.25) is 0 Å². The number of H-pyrrole nitrogens is 1. The van der Waals surface area contributed by atoms with Crippen molar-refractivity contribution in [1.82, 2.24) is 20.2 Å². The van der Waals surface area contributed by atoms with E-state index in [-0.39, 0.29) is 0 Å². The maximum absolute atomic E-state index is 5.79. The highest BCUT2D eigenvalue weighted by Crippen LogP contribution is 2.24.